The predicted molar refractivity (Wildman–Crippen MR) is 79.4 cm³/mol. The van der Waals surface area contributed by atoms with Gasteiger partial charge in [0.25, 0.3) is 0 Å². The minimum absolute atomic E-state index is 0.157. The molecule has 0 spiro atoms. The molecule has 0 aliphatic carbocycles. The Morgan fingerprint density at radius 3 is 2.80 bits per heavy atom. The van der Waals surface area contributed by atoms with Gasteiger partial charge in [0, 0.05) is 11.9 Å². The van der Waals surface area contributed by atoms with Gasteiger partial charge in [-0.2, -0.15) is 5.10 Å². The summed E-state index contributed by atoms with van der Waals surface area (Å²) >= 11 is 0. The van der Waals surface area contributed by atoms with Crippen molar-refractivity contribution >= 4 is 10.9 Å². The third-order valence-electron chi connectivity index (χ3n) is 4.19. The smallest absolute Gasteiger partial charge is 0.149 e. The summed E-state index contributed by atoms with van der Waals surface area (Å²) in [7, 11) is 0. The summed E-state index contributed by atoms with van der Waals surface area (Å²) in [4.78, 5) is 0. The highest BCUT2D eigenvalue weighted by Crippen LogP contribution is 2.28. The maximum Gasteiger partial charge on any atom is 0.149 e. The van der Waals surface area contributed by atoms with Gasteiger partial charge in [0.1, 0.15) is 11.3 Å². The molecule has 20 heavy (non-hydrogen) atoms. The van der Waals surface area contributed by atoms with E-state index in [-0.39, 0.29) is 5.82 Å². The Balaban J connectivity index is 2.01. The summed E-state index contributed by atoms with van der Waals surface area (Å²) in [6.45, 7) is 7.17. The molecule has 0 atom stereocenters. The molecule has 3 nitrogen and oxygen atoms in total. The second-order valence-corrected chi connectivity index (χ2v) is 6.05. The van der Waals surface area contributed by atoms with E-state index in [9.17, 15) is 4.39 Å². The van der Waals surface area contributed by atoms with Crippen molar-refractivity contribution in [3.63, 3.8) is 0 Å². The molecule has 1 aromatic carbocycles. The first-order valence-electron chi connectivity index (χ1n) is 7.52. The van der Waals surface area contributed by atoms with Crippen LogP contribution >= 0.6 is 0 Å². The van der Waals surface area contributed by atoms with Crippen LogP contribution in [-0.4, -0.2) is 22.9 Å². The number of hydrogen-bond acceptors (Lipinski definition) is 2. The first-order valence-corrected chi connectivity index (χ1v) is 7.52. The third-order valence-corrected chi connectivity index (χ3v) is 4.19. The molecule has 108 valence electrons. The standard InChI is InChI=1S/C16H22FN3/c1-11(2)15-13-4-3-5-14(17)16(13)20(19-15)10-12-6-8-18-9-7-12/h3-5,11-12,18H,6-10H2,1-2H3. The highest BCUT2D eigenvalue weighted by atomic mass is 19.1. The van der Waals surface area contributed by atoms with Gasteiger partial charge in [-0.15, -0.1) is 0 Å². The number of fused-ring (bicyclic) bond motifs is 1. The van der Waals surface area contributed by atoms with Crippen LogP contribution in [0.5, 0.6) is 0 Å². The van der Waals surface area contributed by atoms with Crippen molar-refractivity contribution < 1.29 is 4.39 Å². The van der Waals surface area contributed by atoms with Gasteiger partial charge >= 0.3 is 0 Å². The van der Waals surface area contributed by atoms with Gasteiger partial charge in [0.05, 0.1) is 5.69 Å². The largest absolute Gasteiger partial charge is 0.317 e. The van der Waals surface area contributed by atoms with Crippen LogP contribution < -0.4 is 5.32 Å². The maximum atomic E-state index is 14.2. The molecule has 0 radical (unpaired) electrons. The summed E-state index contributed by atoms with van der Waals surface area (Å²) in [6.07, 6.45) is 2.29. The van der Waals surface area contributed by atoms with E-state index in [1.54, 1.807) is 6.07 Å². The number of aromatic nitrogens is 2. The Bertz CT molecular complexity index is 597. The van der Waals surface area contributed by atoms with Crippen LogP contribution in [0.25, 0.3) is 10.9 Å². The van der Waals surface area contributed by atoms with E-state index in [2.05, 4.69) is 19.2 Å². The Morgan fingerprint density at radius 1 is 1.35 bits per heavy atom. The number of piperidine rings is 1. The number of rotatable bonds is 3. The lowest BCUT2D eigenvalue weighted by atomic mass is 9.98. The quantitative estimate of drug-likeness (QED) is 0.931. The van der Waals surface area contributed by atoms with Gasteiger partial charge < -0.3 is 5.32 Å². The molecular weight excluding hydrogens is 253 g/mol. The molecule has 0 unspecified atom stereocenters. The van der Waals surface area contributed by atoms with Gasteiger partial charge in [-0.25, -0.2) is 4.39 Å². The molecule has 0 bridgehead atoms. The van der Waals surface area contributed by atoms with E-state index >= 15 is 0 Å². The minimum Gasteiger partial charge on any atom is -0.317 e. The van der Waals surface area contributed by atoms with E-state index < -0.39 is 0 Å². The topological polar surface area (TPSA) is 29.9 Å². The fraction of sp³-hybridized carbons (Fsp3) is 0.562. The van der Waals surface area contributed by atoms with E-state index in [0.717, 1.165) is 43.6 Å². The van der Waals surface area contributed by atoms with Crippen LogP contribution in [0, 0.1) is 11.7 Å². The number of para-hydroxylation sites is 1. The molecule has 0 saturated carbocycles. The third kappa shape index (κ3) is 2.44. The zero-order valence-electron chi connectivity index (χ0n) is 12.2. The summed E-state index contributed by atoms with van der Waals surface area (Å²) in [5, 5.41) is 9.04. The molecule has 4 heteroatoms. The number of nitrogens with zero attached hydrogens (tertiary/aromatic N) is 2. The number of halogens is 1. The summed E-state index contributed by atoms with van der Waals surface area (Å²) in [5.74, 6) is 0.753. The highest BCUT2D eigenvalue weighted by molar-refractivity contribution is 5.83. The summed E-state index contributed by atoms with van der Waals surface area (Å²) in [5.41, 5.74) is 1.68. The maximum absolute atomic E-state index is 14.2. The molecule has 1 aromatic heterocycles. The van der Waals surface area contributed by atoms with Crippen molar-refractivity contribution in [3.05, 3.63) is 29.7 Å². The molecule has 1 saturated heterocycles. The molecular formula is C16H22FN3. The van der Waals surface area contributed by atoms with Crippen LogP contribution in [0.1, 0.15) is 38.3 Å². The minimum atomic E-state index is -0.157. The van der Waals surface area contributed by atoms with Crippen LogP contribution in [-0.2, 0) is 6.54 Å². The van der Waals surface area contributed by atoms with Crippen LogP contribution in [0.2, 0.25) is 0 Å². The molecule has 1 N–H and O–H groups in total. The van der Waals surface area contributed by atoms with Crippen molar-refractivity contribution in [2.75, 3.05) is 13.1 Å². The lowest BCUT2D eigenvalue weighted by Crippen LogP contribution is -2.30. The van der Waals surface area contributed by atoms with Gasteiger partial charge in [0.15, 0.2) is 0 Å². The Hall–Kier alpha value is -1.42. The predicted octanol–water partition coefficient (Wildman–Crippen LogP) is 3.30. The van der Waals surface area contributed by atoms with Crippen LogP contribution in [0.3, 0.4) is 0 Å². The first-order chi connectivity index (χ1) is 9.66. The second-order valence-electron chi connectivity index (χ2n) is 6.05. The average Bonchev–Trinajstić information content (AvgIpc) is 2.80. The Morgan fingerprint density at radius 2 is 2.10 bits per heavy atom. The zero-order valence-corrected chi connectivity index (χ0v) is 12.2. The first kappa shape index (κ1) is 13.6. The van der Waals surface area contributed by atoms with E-state index in [0.29, 0.717) is 17.4 Å². The van der Waals surface area contributed by atoms with E-state index in [4.69, 9.17) is 5.10 Å². The van der Waals surface area contributed by atoms with Crippen molar-refractivity contribution in [2.45, 2.75) is 39.2 Å². The van der Waals surface area contributed by atoms with Crippen molar-refractivity contribution in [3.8, 4) is 0 Å². The fourth-order valence-electron chi connectivity index (χ4n) is 3.09. The van der Waals surface area contributed by atoms with Gasteiger partial charge in [0.2, 0.25) is 0 Å². The number of benzene rings is 1. The number of hydrogen-bond donors (Lipinski definition) is 1. The Kier molecular flexibility index (Phi) is 3.74. The molecule has 1 aliphatic rings. The monoisotopic (exact) mass is 275 g/mol. The lowest BCUT2D eigenvalue weighted by Gasteiger charge is -2.22. The molecule has 2 heterocycles. The second kappa shape index (κ2) is 5.52. The normalized spacial score (nSPS) is 17.2. The van der Waals surface area contributed by atoms with Crippen LogP contribution in [0.15, 0.2) is 18.2 Å². The van der Waals surface area contributed by atoms with E-state index in [1.807, 2.05) is 10.7 Å². The van der Waals surface area contributed by atoms with Crippen molar-refractivity contribution in [1.82, 2.24) is 15.1 Å². The Labute approximate surface area is 119 Å². The van der Waals surface area contributed by atoms with Gasteiger partial charge in [-0.3, -0.25) is 4.68 Å². The fourth-order valence-corrected chi connectivity index (χ4v) is 3.09. The molecule has 1 aliphatic heterocycles. The molecule has 1 fully saturated rings. The summed E-state index contributed by atoms with van der Waals surface area (Å²) < 4.78 is 16.1. The molecule has 2 aromatic rings. The zero-order chi connectivity index (χ0) is 14.1. The molecule has 3 rings (SSSR count). The SMILES string of the molecule is CC(C)c1nn(CC2CCNCC2)c2c(F)cccc12. The summed E-state index contributed by atoms with van der Waals surface area (Å²) in [6, 6.07) is 5.30. The highest BCUT2D eigenvalue weighted by Gasteiger charge is 2.20. The number of nitrogens with one attached hydrogen (secondary N) is 1. The van der Waals surface area contributed by atoms with Gasteiger partial charge in [-0.05, 0) is 43.8 Å². The van der Waals surface area contributed by atoms with Gasteiger partial charge in [-0.1, -0.05) is 26.0 Å². The lowest BCUT2D eigenvalue weighted by molar-refractivity contribution is 0.323. The van der Waals surface area contributed by atoms with E-state index in [1.165, 1.54) is 6.07 Å². The van der Waals surface area contributed by atoms with Crippen molar-refractivity contribution in [2.24, 2.45) is 5.92 Å². The molecule has 0 amide bonds. The van der Waals surface area contributed by atoms with Crippen LogP contribution in [0.4, 0.5) is 4.39 Å². The van der Waals surface area contributed by atoms with Crippen molar-refractivity contribution in [1.29, 1.82) is 0 Å². The average molecular weight is 275 g/mol.